The summed E-state index contributed by atoms with van der Waals surface area (Å²) in [5.74, 6) is 0.458. The van der Waals surface area contributed by atoms with Crippen LogP contribution in [0.25, 0.3) is 0 Å². The highest BCUT2D eigenvalue weighted by molar-refractivity contribution is 5.36. The number of nitrogens with one attached hydrogen (secondary N) is 1. The largest absolute Gasteiger partial charge is 0.496 e. The highest BCUT2D eigenvalue weighted by Gasteiger charge is 2.12. The Morgan fingerprint density at radius 1 is 1.15 bits per heavy atom. The van der Waals surface area contributed by atoms with Crippen LogP contribution in [-0.2, 0) is 6.54 Å². The van der Waals surface area contributed by atoms with Crippen molar-refractivity contribution in [2.45, 2.75) is 26.4 Å². The van der Waals surface area contributed by atoms with Crippen molar-refractivity contribution in [1.29, 1.82) is 0 Å². The Bertz CT molecular complexity index is 566. The molecule has 0 aromatic heterocycles. The highest BCUT2D eigenvalue weighted by Crippen LogP contribution is 2.26. The molecule has 2 rings (SSSR count). The van der Waals surface area contributed by atoms with Crippen LogP contribution in [0.15, 0.2) is 42.5 Å². The lowest BCUT2D eigenvalue weighted by molar-refractivity contribution is 0.399. The summed E-state index contributed by atoms with van der Waals surface area (Å²) in [5.41, 5.74) is 3.28. The van der Waals surface area contributed by atoms with Crippen LogP contribution in [0.2, 0.25) is 0 Å². The first-order valence-electron chi connectivity index (χ1n) is 6.72. The topological polar surface area (TPSA) is 21.3 Å². The van der Waals surface area contributed by atoms with E-state index in [1.807, 2.05) is 6.92 Å². The van der Waals surface area contributed by atoms with E-state index in [1.54, 1.807) is 13.2 Å². The SMILES string of the molecule is COc1ccc(F)cc1C(C)NCc1ccc(C)cc1. The number of hydrogen-bond donors (Lipinski definition) is 1. The van der Waals surface area contributed by atoms with Crippen LogP contribution in [0.5, 0.6) is 5.75 Å². The van der Waals surface area contributed by atoms with E-state index < -0.39 is 0 Å². The number of rotatable bonds is 5. The van der Waals surface area contributed by atoms with Crippen molar-refractivity contribution in [2.24, 2.45) is 0 Å². The van der Waals surface area contributed by atoms with Gasteiger partial charge in [-0.25, -0.2) is 4.39 Å². The third-order valence-corrected chi connectivity index (χ3v) is 3.39. The molecule has 20 heavy (non-hydrogen) atoms. The van der Waals surface area contributed by atoms with E-state index in [1.165, 1.54) is 23.3 Å². The molecular formula is C17H20FNO. The van der Waals surface area contributed by atoms with E-state index in [9.17, 15) is 4.39 Å². The number of hydrogen-bond acceptors (Lipinski definition) is 2. The average molecular weight is 273 g/mol. The van der Waals surface area contributed by atoms with E-state index in [0.29, 0.717) is 5.75 Å². The van der Waals surface area contributed by atoms with Crippen LogP contribution in [0.4, 0.5) is 4.39 Å². The number of benzene rings is 2. The Morgan fingerprint density at radius 3 is 2.50 bits per heavy atom. The van der Waals surface area contributed by atoms with Crippen LogP contribution in [0.3, 0.4) is 0 Å². The van der Waals surface area contributed by atoms with Crippen molar-refractivity contribution >= 4 is 0 Å². The predicted molar refractivity (Wildman–Crippen MR) is 79.4 cm³/mol. The molecule has 0 aliphatic heterocycles. The van der Waals surface area contributed by atoms with E-state index in [2.05, 4.69) is 36.5 Å². The Balaban J connectivity index is 2.06. The van der Waals surface area contributed by atoms with Gasteiger partial charge in [0.05, 0.1) is 7.11 Å². The Labute approximate surface area is 119 Å². The Hall–Kier alpha value is -1.87. The number of aryl methyl sites for hydroxylation is 1. The maximum Gasteiger partial charge on any atom is 0.123 e. The molecule has 0 saturated heterocycles. The van der Waals surface area contributed by atoms with Gasteiger partial charge in [0.2, 0.25) is 0 Å². The molecule has 3 heteroatoms. The zero-order chi connectivity index (χ0) is 14.5. The first kappa shape index (κ1) is 14.5. The molecule has 1 atom stereocenters. The minimum atomic E-state index is -0.246. The lowest BCUT2D eigenvalue weighted by atomic mass is 10.1. The summed E-state index contributed by atoms with van der Waals surface area (Å²) in [7, 11) is 1.60. The van der Waals surface area contributed by atoms with Crippen molar-refractivity contribution < 1.29 is 9.13 Å². The number of ether oxygens (including phenoxy) is 1. The first-order chi connectivity index (χ1) is 9.60. The summed E-state index contributed by atoms with van der Waals surface area (Å²) in [6.45, 7) is 4.81. The first-order valence-corrected chi connectivity index (χ1v) is 6.72. The van der Waals surface area contributed by atoms with Crippen LogP contribution in [0, 0.1) is 12.7 Å². The highest BCUT2D eigenvalue weighted by atomic mass is 19.1. The van der Waals surface area contributed by atoms with E-state index in [-0.39, 0.29) is 11.9 Å². The van der Waals surface area contributed by atoms with E-state index >= 15 is 0 Å². The maximum atomic E-state index is 13.4. The fourth-order valence-corrected chi connectivity index (χ4v) is 2.13. The molecule has 0 spiro atoms. The third kappa shape index (κ3) is 3.58. The molecule has 1 N–H and O–H groups in total. The standard InChI is InChI=1S/C17H20FNO/c1-12-4-6-14(7-5-12)11-19-13(2)16-10-15(18)8-9-17(16)20-3/h4-10,13,19H,11H2,1-3H3. The summed E-state index contributed by atoms with van der Waals surface area (Å²) in [6.07, 6.45) is 0. The van der Waals surface area contributed by atoms with Gasteiger partial charge >= 0.3 is 0 Å². The van der Waals surface area contributed by atoms with Gasteiger partial charge in [-0.2, -0.15) is 0 Å². The fourth-order valence-electron chi connectivity index (χ4n) is 2.13. The molecule has 0 fully saturated rings. The second-order valence-corrected chi connectivity index (χ2v) is 4.97. The van der Waals surface area contributed by atoms with Gasteiger partial charge < -0.3 is 10.1 Å². The smallest absolute Gasteiger partial charge is 0.123 e. The molecule has 106 valence electrons. The molecule has 2 aromatic carbocycles. The van der Waals surface area contributed by atoms with Crippen LogP contribution in [0.1, 0.15) is 29.7 Å². The predicted octanol–water partition coefficient (Wildman–Crippen LogP) is 3.99. The fraction of sp³-hybridized carbons (Fsp3) is 0.294. The summed E-state index contributed by atoms with van der Waals surface area (Å²) in [5, 5.41) is 3.39. The lowest BCUT2D eigenvalue weighted by Gasteiger charge is -2.17. The van der Waals surface area contributed by atoms with Gasteiger partial charge in [0.25, 0.3) is 0 Å². The molecule has 0 amide bonds. The average Bonchev–Trinajstić information content (AvgIpc) is 2.46. The van der Waals surface area contributed by atoms with Gasteiger partial charge in [-0.05, 0) is 37.6 Å². The molecule has 0 aliphatic carbocycles. The van der Waals surface area contributed by atoms with E-state index in [4.69, 9.17) is 4.74 Å². The van der Waals surface area contributed by atoms with Crippen molar-refractivity contribution in [1.82, 2.24) is 5.32 Å². The second-order valence-electron chi connectivity index (χ2n) is 4.97. The van der Waals surface area contributed by atoms with Crippen LogP contribution >= 0.6 is 0 Å². The maximum absolute atomic E-state index is 13.4. The number of halogens is 1. The Morgan fingerprint density at radius 2 is 1.85 bits per heavy atom. The van der Waals surface area contributed by atoms with E-state index in [0.717, 1.165) is 12.1 Å². The van der Waals surface area contributed by atoms with Gasteiger partial charge in [-0.3, -0.25) is 0 Å². The summed E-state index contributed by atoms with van der Waals surface area (Å²) in [6, 6.07) is 13.0. The van der Waals surface area contributed by atoms with Gasteiger partial charge in [0, 0.05) is 18.2 Å². The van der Waals surface area contributed by atoms with Gasteiger partial charge in [0.1, 0.15) is 11.6 Å². The van der Waals surface area contributed by atoms with Gasteiger partial charge in [-0.1, -0.05) is 29.8 Å². The zero-order valence-electron chi connectivity index (χ0n) is 12.1. The lowest BCUT2D eigenvalue weighted by Crippen LogP contribution is -2.18. The quantitative estimate of drug-likeness (QED) is 0.889. The molecule has 2 nitrogen and oxygen atoms in total. The molecule has 0 heterocycles. The van der Waals surface area contributed by atoms with Gasteiger partial charge in [0.15, 0.2) is 0 Å². The van der Waals surface area contributed by atoms with Crippen molar-refractivity contribution in [3.05, 3.63) is 65.0 Å². The summed E-state index contributed by atoms with van der Waals surface area (Å²) < 4.78 is 18.7. The molecule has 0 aliphatic rings. The molecule has 0 saturated carbocycles. The summed E-state index contributed by atoms with van der Waals surface area (Å²) >= 11 is 0. The monoisotopic (exact) mass is 273 g/mol. The van der Waals surface area contributed by atoms with Crippen LogP contribution in [-0.4, -0.2) is 7.11 Å². The van der Waals surface area contributed by atoms with Crippen molar-refractivity contribution in [3.8, 4) is 5.75 Å². The zero-order valence-corrected chi connectivity index (χ0v) is 12.1. The van der Waals surface area contributed by atoms with Crippen molar-refractivity contribution in [3.63, 3.8) is 0 Å². The molecule has 0 radical (unpaired) electrons. The molecule has 0 bridgehead atoms. The molecule has 2 aromatic rings. The Kier molecular flexibility index (Phi) is 4.74. The number of methoxy groups -OCH3 is 1. The minimum Gasteiger partial charge on any atom is -0.496 e. The second kappa shape index (κ2) is 6.53. The van der Waals surface area contributed by atoms with Crippen molar-refractivity contribution in [2.75, 3.05) is 7.11 Å². The third-order valence-electron chi connectivity index (χ3n) is 3.39. The minimum absolute atomic E-state index is 0.0157. The summed E-state index contributed by atoms with van der Waals surface area (Å²) in [4.78, 5) is 0. The normalized spacial score (nSPS) is 12.2. The molecular weight excluding hydrogens is 253 g/mol. The van der Waals surface area contributed by atoms with Crippen LogP contribution < -0.4 is 10.1 Å². The molecule has 1 unspecified atom stereocenters. The van der Waals surface area contributed by atoms with Gasteiger partial charge in [-0.15, -0.1) is 0 Å².